The minimum atomic E-state index is -0.426. The Bertz CT molecular complexity index is 277. The molecule has 0 saturated heterocycles. The molecule has 0 aromatic heterocycles. The number of alkyl carbamates (subject to hydrolysis) is 1. The zero-order valence-corrected chi connectivity index (χ0v) is 9.67. The molecule has 0 aromatic carbocycles. The first-order valence-electron chi connectivity index (χ1n) is 5.56. The fourth-order valence-corrected chi connectivity index (χ4v) is 2.70. The van der Waals surface area contributed by atoms with Gasteiger partial charge in [0.2, 0.25) is 0 Å². The lowest BCUT2D eigenvalue weighted by atomic mass is 9.77. The number of ether oxygens (including phenoxy) is 1. The van der Waals surface area contributed by atoms with Gasteiger partial charge in [0.1, 0.15) is 5.60 Å². The van der Waals surface area contributed by atoms with E-state index < -0.39 is 5.60 Å². The van der Waals surface area contributed by atoms with Gasteiger partial charge in [0.15, 0.2) is 0 Å². The summed E-state index contributed by atoms with van der Waals surface area (Å²) >= 11 is 0. The highest BCUT2D eigenvalue weighted by Gasteiger charge is 2.55. The fourth-order valence-electron chi connectivity index (χ4n) is 2.70. The first-order valence-corrected chi connectivity index (χ1v) is 5.56. The molecule has 0 radical (unpaired) electrons. The van der Waals surface area contributed by atoms with Gasteiger partial charge >= 0.3 is 6.09 Å². The quantitative estimate of drug-likeness (QED) is 0.690. The molecular weight excluding hydrogens is 192 g/mol. The Kier molecular flexibility index (Phi) is 2.23. The molecule has 2 bridgehead atoms. The molecule has 1 atom stereocenters. The second-order valence-corrected chi connectivity index (χ2v) is 5.94. The Morgan fingerprint density at radius 3 is 2.40 bits per heavy atom. The van der Waals surface area contributed by atoms with Crippen LogP contribution < -0.4 is 11.1 Å². The number of nitrogens with two attached hydrogens (primary N) is 1. The predicted octanol–water partition coefficient (Wildman–Crippen LogP) is 1.39. The van der Waals surface area contributed by atoms with Crippen molar-refractivity contribution in [2.75, 3.05) is 0 Å². The van der Waals surface area contributed by atoms with E-state index in [1.807, 2.05) is 20.8 Å². The molecule has 15 heavy (non-hydrogen) atoms. The summed E-state index contributed by atoms with van der Waals surface area (Å²) < 4.78 is 5.23. The SMILES string of the molecule is CC(C)(C)OC(=O)NC12CC(N)C(C1)C2. The van der Waals surface area contributed by atoms with Crippen molar-refractivity contribution in [3.63, 3.8) is 0 Å². The lowest BCUT2D eigenvalue weighted by molar-refractivity contribution is 0.0397. The topological polar surface area (TPSA) is 64.3 Å². The van der Waals surface area contributed by atoms with Crippen molar-refractivity contribution >= 4 is 6.09 Å². The molecule has 1 unspecified atom stereocenters. The molecule has 3 aliphatic carbocycles. The first kappa shape index (κ1) is 10.7. The zero-order chi connectivity index (χ0) is 11.3. The molecule has 4 nitrogen and oxygen atoms in total. The number of hydrogen-bond donors (Lipinski definition) is 2. The van der Waals surface area contributed by atoms with Crippen LogP contribution in [0.25, 0.3) is 0 Å². The van der Waals surface area contributed by atoms with Gasteiger partial charge in [-0.15, -0.1) is 0 Å². The second-order valence-electron chi connectivity index (χ2n) is 5.94. The second kappa shape index (κ2) is 3.11. The van der Waals surface area contributed by atoms with Crippen molar-refractivity contribution in [2.24, 2.45) is 11.7 Å². The maximum absolute atomic E-state index is 11.6. The van der Waals surface area contributed by atoms with Gasteiger partial charge in [-0.05, 0) is 46.0 Å². The monoisotopic (exact) mass is 212 g/mol. The molecule has 86 valence electrons. The molecule has 3 aliphatic rings. The van der Waals surface area contributed by atoms with E-state index in [1.54, 1.807) is 0 Å². The van der Waals surface area contributed by atoms with Crippen LogP contribution >= 0.6 is 0 Å². The number of rotatable bonds is 1. The van der Waals surface area contributed by atoms with Crippen molar-refractivity contribution < 1.29 is 9.53 Å². The van der Waals surface area contributed by atoms with E-state index in [4.69, 9.17) is 10.5 Å². The highest BCUT2D eigenvalue weighted by molar-refractivity contribution is 5.69. The molecule has 0 aliphatic heterocycles. The third-order valence-electron chi connectivity index (χ3n) is 3.30. The van der Waals surface area contributed by atoms with Crippen LogP contribution in [0.5, 0.6) is 0 Å². The third kappa shape index (κ3) is 2.09. The molecule has 3 N–H and O–H groups in total. The minimum absolute atomic E-state index is 0.0492. The van der Waals surface area contributed by atoms with Crippen LogP contribution in [0.3, 0.4) is 0 Å². The smallest absolute Gasteiger partial charge is 0.408 e. The Labute approximate surface area is 90.5 Å². The number of carbonyl (C=O) groups excluding carboxylic acids is 1. The summed E-state index contributed by atoms with van der Waals surface area (Å²) in [6.07, 6.45) is 2.63. The highest BCUT2D eigenvalue weighted by atomic mass is 16.6. The van der Waals surface area contributed by atoms with E-state index in [0.29, 0.717) is 5.92 Å². The highest BCUT2D eigenvalue weighted by Crippen LogP contribution is 2.51. The van der Waals surface area contributed by atoms with Gasteiger partial charge in [-0.1, -0.05) is 0 Å². The molecule has 0 heterocycles. The lowest BCUT2D eigenvalue weighted by Gasteiger charge is -2.39. The van der Waals surface area contributed by atoms with E-state index in [-0.39, 0.29) is 17.7 Å². The summed E-state index contributed by atoms with van der Waals surface area (Å²) in [5, 5.41) is 2.97. The van der Waals surface area contributed by atoms with Gasteiger partial charge in [0.05, 0.1) is 0 Å². The summed E-state index contributed by atoms with van der Waals surface area (Å²) in [7, 11) is 0. The van der Waals surface area contributed by atoms with E-state index >= 15 is 0 Å². The Morgan fingerprint density at radius 1 is 1.40 bits per heavy atom. The van der Waals surface area contributed by atoms with Crippen LogP contribution in [-0.2, 0) is 4.74 Å². The maximum Gasteiger partial charge on any atom is 0.408 e. The Hall–Kier alpha value is -0.770. The maximum atomic E-state index is 11.6. The standard InChI is InChI=1S/C11H20N2O2/c1-10(2,3)15-9(14)13-11-4-7(5-11)8(12)6-11/h7-8H,4-6,12H2,1-3H3,(H,13,14). The van der Waals surface area contributed by atoms with E-state index in [9.17, 15) is 4.79 Å². The van der Waals surface area contributed by atoms with Gasteiger partial charge in [-0.2, -0.15) is 0 Å². The average molecular weight is 212 g/mol. The summed E-state index contributed by atoms with van der Waals surface area (Å²) in [5.41, 5.74) is 5.44. The van der Waals surface area contributed by atoms with Crippen LogP contribution in [0, 0.1) is 5.92 Å². The summed E-state index contributed by atoms with van der Waals surface area (Å²) in [5.74, 6) is 0.611. The molecule has 1 amide bonds. The Morgan fingerprint density at radius 2 is 2.00 bits per heavy atom. The fraction of sp³-hybridized carbons (Fsp3) is 0.909. The molecular formula is C11H20N2O2. The lowest BCUT2D eigenvalue weighted by Crippen LogP contribution is -2.53. The van der Waals surface area contributed by atoms with Crippen LogP contribution in [-0.4, -0.2) is 23.3 Å². The van der Waals surface area contributed by atoms with E-state index in [0.717, 1.165) is 19.3 Å². The van der Waals surface area contributed by atoms with Crippen LogP contribution in [0.15, 0.2) is 0 Å². The van der Waals surface area contributed by atoms with Gasteiger partial charge in [0, 0.05) is 11.6 Å². The zero-order valence-electron chi connectivity index (χ0n) is 9.67. The van der Waals surface area contributed by atoms with E-state index in [1.165, 1.54) is 0 Å². The molecule has 3 saturated carbocycles. The largest absolute Gasteiger partial charge is 0.444 e. The van der Waals surface area contributed by atoms with Crippen LogP contribution in [0.2, 0.25) is 0 Å². The normalized spacial score (nSPS) is 38.4. The van der Waals surface area contributed by atoms with Crippen LogP contribution in [0.4, 0.5) is 4.79 Å². The third-order valence-corrected chi connectivity index (χ3v) is 3.30. The summed E-state index contributed by atoms with van der Waals surface area (Å²) in [6.45, 7) is 5.61. The summed E-state index contributed by atoms with van der Waals surface area (Å²) in [6, 6.07) is 0.264. The van der Waals surface area contributed by atoms with Gasteiger partial charge < -0.3 is 15.8 Å². The molecule has 3 rings (SSSR count). The van der Waals surface area contributed by atoms with Crippen molar-refractivity contribution in [3.8, 4) is 0 Å². The van der Waals surface area contributed by atoms with E-state index in [2.05, 4.69) is 5.32 Å². The molecule has 4 heteroatoms. The average Bonchev–Trinajstić information content (AvgIpc) is 2.34. The van der Waals surface area contributed by atoms with Crippen molar-refractivity contribution in [1.82, 2.24) is 5.32 Å². The van der Waals surface area contributed by atoms with Crippen molar-refractivity contribution in [2.45, 2.75) is 57.2 Å². The first-order chi connectivity index (χ1) is 6.80. The number of nitrogens with one attached hydrogen (secondary N) is 1. The number of hydrogen-bond acceptors (Lipinski definition) is 3. The number of carbonyl (C=O) groups is 1. The predicted molar refractivity (Wildman–Crippen MR) is 57.4 cm³/mol. The van der Waals surface area contributed by atoms with Crippen molar-refractivity contribution in [1.29, 1.82) is 0 Å². The molecule has 3 fully saturated rings. The number of amides is 1. The van der Waals surface area contributed by atoms with Crippen LogP contribution in [0.1, 0.15) is 40.0 Å². The minimum Gasteiger partial charge on any atom is -0.444 e. The van der Waals surface area contributed by atoms with Crippen molar-refractivity contribution in [3.05, 3.63) is 0 Å². The number of fused-ring (bicyclic) bond motifs is 1. The van der Waals surface area contributed by atoms with Gasteiger partial charge in [-0.3, -0.25) is 0 Å². The molecule has 0 aromatic rings. The van der Waals surface area contributed by atoms with Gasteiger partial charge in [0.25, 0.3) is 0 Å². The Balaban J connectivity index is 1.86. The summed E-state index contributed by atoms with van der Waals surface area (Å²) in [4.78, 5) is 11.6. The molecule has 0 spiro atoms. The van der Waals surface area contributed by atoms with Gasteiger partial charge in [-0.25, -0.2) is 4.79 Å².